The predicted molar refractivity (Wildman–Crippen MR) is 39.5 cm³/mol. The third-order valence-corrected chi connectivity index (χ3v) is 0.654. The minimum absolute atomic E-state index is 0.317. The van der Waals surface area contributed by atoms with E-state index in [-0.39, 0.29) is 5.88 Å². The number of aliphatic imine (C=N–C) groups is 1. The highest BCUT2D eigenvalue weighted by molar-refractivity contribution is 5.77. The molecule has 0 aromatic carbocycles. The van der Waals surface area contributed by atoms with Crippen LogP contribution in [0.2, 0.25) is 0 Å². The topological polar surface area (TPSA) is 21.6 Å². The molecule has 0 atom stereocenters. The highest BCUT2D eigenvalue weighted by Gasteiger charge is 2.01. The van der Waals surface area contributed by atoms with Gasteiger partial charge in [-0.15, -0.1) is 0 Å². The first-order chi connectivity index (χ1) is 5.02. The summed E-state index contributed by atoms with van der Waals surface area (Å²) in [6.07, 6.45) is 1.30. The molecule has 0 amide bonds. The van der Waals surface area contributed by atoms with E-state index in [0.717, 1.165) is 0 Å². The van der Waals surface area contributed by atoms with Crippen molar-refractivity contribution >= 4 is 6.21 Å². The zero-order valence-corrected chi connectivity index (χ0v) is 6.18. The molecule has 0 saturated carbocycles. The quantitative estimate of drug-likeness (QED) is 0.458. The summed E-state index contributed by atoms with van der Waals surface area (Å²) in [6.45, 7) is 5.41. The first-order valence-corrected chi connectivity index (χ1v) is 2.85. The van der Waals surface area contributed by atoms with Gasteiger partial charge in [0.2, 0.25) is 5.88 Å². The second-order valence-corrected chi connectivity index (χ2v) is 1.88. The number of nitrogens with zero attached hydrogens (tertiary/aromatic N) is 1. The Kier molecular flexibility index (Phi) is 4.10. The van der Waals surface area contributed by atoms with Crippen LogP contribution in [-0.2, 0) is 4.74 Å². The van der Waals surface area contributed by atoms with Gasteiger partial charge < -0.3 is 4.74 Å². The molecule has 0 radical (unpaired) electrons. The molecule has 0 rings (SSSR count). The van der Waals surface area contributed by atoms with Gasteiger partial charge in [-0.3, -0.25) is 0 Å². The predicted octanol–water partition coefficient (Wildman–Crippen LogP) is 2.34. The van der Waals surface area contributed by atoms with Crippen molar-refractivity contribution < 1.29 is 13.5 Å². The number of hydrogen-bond donors (Lipinski definition) is 0. The largest absolute Gasteiger partial charge is 0.418 e. The number of rotatable bonds is 4. The van der Waals surface area contributed by atoms with Crippen LogP contribution in [0.4, 0.5) is 8.78 Å². The zero-order chi connectivity index (χ0) is 8.85. The van der Waals surface area contributed by atoms with Crippen molar-refractivity contribution in [3.05, 3.63) is 24.6 Å². The van der Waals surface area contributed by atoms with E-state index in [1.54, 1.807) is 6.92 Å². The third kappa shape index (κ3) is 6.70. The summed E-state index contributed by atoms with van der Waals surface area (Å²) in [5.41, 5.74) is 0.643. The molecular weight excluding hydrogens is 152 g/mol. The van der Waals surface area contributed by atoms with Crippen molar-refractivity contribution in [2.75, 3.05) is 0 Å². The van der Waals surface area contributed by atoms with E-state index in [9.17, 15) is 8.78 Å². The summed E-state index contributed by atoms with van der Waals surface area (Å²) >= 11 is 0. The lowest BCUT2D eigenvalue weighted by Gasteiger charge is -2.00. The van der Waals surface area contributed by atoms with Gasteiger partial charge in [0.1, 0.15) is 0 Å². The van der Waals surface area contributed by atoms with Crippen molar-refractivity contribution in [2.24, 2.45) is 4.99 Å². The molecule has 0 aliphatic heterocycles. The maximum atomic E-state index is 11.4. The van der Waals surface area contributed by atoms with Crippen LogP contribution >= 0.6 is 0 Å². The molecule has 0 aliphatic rings. The fourth-order valence-electron chi connectivity index (χ4n) is 0.315. The normalized spacial score (nSPS) is 10.5. The number of ether oxygens (including phenoxy) is 1. The van der Waals surface area contributed by atoms with Crippen LogP contribution in [0, 0.1) is 0 Å². The standard InChI is InChI=1S/C7H9F2NO/c1-5(2)4-10-6(3)11-7(8)9/h4,7H,1,3H2,2H3/b10-4-. The van der Waals surface area contributed by atoms with Gasteiger partial charge in [0, 0.05) is 6.21 Å². The molecule has 0 fully saturated rings. The molecule has 62 valence electrons. The fraction of sp³-hybridized carbons (Fsp3) is 0.286. The zero-order valence-electron chi connectivity index (χ0n) is 6.18. The molecule has 0 heterocycles. The average molecular weight is 161 g/mol. The van der Waals surface area contributed by atoms with Crippen LogP contribution in [0.3, 0.4) is 0 Å². The van der Waals surface area contributed by atoms with Gasteiger partial charge in [0.25, 0.3) is 0 Å². The van der Waals surface area contributed by atoms with Crippen molar-refractivity contribution in [2.45, 2.75) is 13.5 Å². The summed E-state index contributed by atoms with van der Waals surface area (Å²) in [4.78, 5) is 3.44. The van der Waals surface area contributed by atoms with Crippen LogP contribution in [0.25, 0.3) is 0 Å². The molecule has 4 heteroatoms. The van der Waals surface area contributed by atoms with Crippen molar-refractivity contribution in [3.63, 3.8) is 0 Å². The average Bonchev–Trinajstić information content (AvgIpc) is 1.82. The van der Waals surface area contributed by atoms with Crippen LogP contribution in [-0.4, -0.2) is 12.8 Å². The van der Waals surface area contributed by atoms with Crippen molar-refractivity contribution in [1.29, 1.82) is 0 Å². The lowest BCUT2D eigenvalue weighted by Crippen LogP contribution is -1.96. The van der Waals surface area contributed by atoms with E-state index in [2.05, 4.69) is 22.9 Å². The second-order valence-electron chi connectivity index (χ2n) is 1.88. The Bertz CT molecular complexity index is 187. The van der Waals surface area contributed by atoms with E-state index in [1.807, 2.05) is 0 Å². The summed E-state index contributed by atoms with van der Waals surface area (Å²) in [7, 11) is 0. The van der Waals surface area contributed by atoms with Gasteiger partial charge in [0.05, 0.1) is 0 Å². The Hall–Kier alpha value is -1.19. The molecule has 11 heavy (non-hydrogen) atoms. The molecule has 0 spiro atoms. The van der Waals surface area contributed by atoms with Gasteiger partial charge >= 0.3 is 6.61 Å². The van der Waals surface area contributed by atoms with E-state index in [1.165, 1.54) is 6.21 Å². The van der Waals surface area contributed by atoms with Crippen molar-refractivity contribution in [1.82, 2.24) is 0 Å². The van der Waals surface area contributed by atoms with Crippen LogP contribution < -0.4 is 0 Å². The van der Waals surface area contributed by atoms with E-state index >= 15 is 0 Å². The molecule has 0 aromatic heterocycles. The summed E-state index contributed by atoms with van der Waals surface area (Å²) < 4.78 is 26.7. The molecule has 0 bridgehead atoms. The van der Waals surface area contributed by atoms with E-state index < -0.39 is 6.61 Å². The maximum Gasteiger partial charge on any atom is 0.388 e. The monoisotopic (exact) mass is 161 g/mol. The minimum atomic E-state index is -2.87. The molecule has 0 aromatic rings. The minimum Gasteiger partial charge on any atom is -0.418 e. The molecule has 0 unspecified atom stereocenters. The van der Waals surface area contributed by atoms with Gasteiger partial charge in [0.15, 0.2) is 0 Å². The van der Waals surface area contributed by atoms with E-state index in [0.29, 0.717) is 5.57 Å². The summed E-state index contributed by atoms with van der Waals surface area (Å²) in [5, 5.41) is 0. The Labute approximate surface area is 63.9 Å². The SMILES string of the molecule is C=C(C)/C=N\C(=C)OC(F)F. The number of allylic oxidation sites excluding steroid dienone is 1. The van der Waals surface area contributed by atoms with Crippen LogP contribution in [0.1, 0.15) is 6.92 Å². The number of hydrogen-bond acceptors (Lipinski definition) is 2. The molecule has 2 nitrogen and oxygen atoms in total. The van der Waals surface area contributed by atoms with Gasteiger partial charge in [-0.1, -0.05) is 6.58 Å². The third-order valence-electron chi connectivity index (χ3n) is 0.654. The summed E-state index contributed by atoms with van der Waals surface area (Å²) in [5.74, 6) is -0.317. The van der Waals surface area contributed by atoms with Crippen molar-refractivity contribution in [3.8, 4) is 0 Å². The van der Waals surface area contributed by atoms with Crippen LogP contribution in [0.5, 0.6) is 0 Å². The second kappa shape index (κ2) is 4.60. The van der Waals surface area contributed by atoms with E-state index in [4.69, 9.17) is 0 Å². The molecule has 0 N–H and O–H groups in total. The Morgan fingerprint density at radius 2 is 2.09 bits per heavy atom. The lowest BCUT2D eigenvalue weighted by atomic mass is 10.4. The molecule has 0 aliphatic carbocycles. The maximum absolute atomic E-state index is 11.4. The smallest absolute Gasteiger partial charge is 0.388 e. The first-order valence-electron chi connectivity index (χ1n) is 2.85. The Morgan fingerprint density at radius 1 is 1.55 bits per heavy atom. The Morgan fingerprint density at radius 3 is 2.45 bits per heavy atom. The van der Waals surface area contributed by atoms with Crippen LogP contribution in [0.15, 0.2) is 29.6 Å². The fourth-order valence-corrected chi connectivity index (χ4v) is 0.315. The number of halogens is 2. The molecule has 0 saturated heterocycles. The highest BCUT2D eigenvalue weighted by atomic mass is 19.3. The highest BCUT2D eigenvalue weighted by Crippen LogP contribution is 2.03. The Balaban J connectivity index is 3.78. The summed E-state index contributed by atoms with van der Waals surface area (Å²) in [6, 6.07) is 0. The lowest BCUT2D eigenvalue weighted by molar-refractivity contribution is -0.0959. The van der Waals surface area contributed by atoms with Gasteiger partial charge in [-0.25, -0.2) is 4.99 Å². The molecular formula is C7H9F2NO. The van der Waals surface area contributed by atoms with Gasteiger partial charge in [-0.05, 0) is 19.1 Å². The number of alkyl halides is 2. The first kappa shape index (κ1) is 9.81. The van der Waals surface area contributed by atoms with Gasteiger partial charge in [-0.2, -0.15) is 8.78 Å².